The lowest BCUT2D eigenvalue weighted by molar-refractivity contribution is -0.116. The molecule has 1 saturated heterocycles. The average Bonchev–Trinajstić information content (AvgIpc) is 2.47. The molecular formula is C15H18N2O2S. The summed E-state index contributed by atoms with van der Waals surface area (Å²) in [4.78, 5) is 23.6. The predicted octanol–water partition coefficient (Wildman–Crippen LogP) is 2.20. The summed E-state index contributed by atoms with van der Waals surface area (Å²) < 4.78 is 0. The fourth-order valence-electron chi connectivity index (χ4n) is 2.65. The molecule has 4 nitrogen and oxygen atoms in total. The Morgan fingerprint density at radius 3 is 3.05 bits per heavy atom. The fourth-order valence-corrected chi connectivity index (χ4v) is 3.72. The van der Waals surface area contributed by atoms with Crippen molar-refractivity contribution in [3.8, 4) is 0 Å². The number of thioether (sulfide) groups is 1. The summed E-state index contributed by atoms with van der Waals surface area (Å²) >= 11 is 1.90. The minimum absolute atomic E-state index is 0.00259. The maximum atomic E-state index is 12.3. The highest BCUT2D eigenvalue weighted by atomic mass is 32.2. The van der Waals surface area contributed by atoms with Crippen LogP contribution in [0.3, 0.4) is 0 Å². The van der Waals surface area contributed by atoms with Crippen LogP contribution in [0.1, 0.15) is 35.2 Å². The van der Waals surface area contributed by atoms with E-state index >= 15 is 0 Å². The molecule has 0 aromatic heterocycles. The number of rotatable bonds is 2. The van der Waals surface area contributed by atoms with Gasteiger partial charge in [-0.15, -0.1) is 0 Å². The molecule has 0 radical (unpaired) electrons. The molecule has 0 spiro atoms. The van der Waals surface area contributed by atoms with Gasteiger partial charge in [-0.05, 0) is 48.8 Å². The molecule has 1 atom stereocenters. The highest BCUT2D eigenvalue weighted by Crippen LogP contribution is 2.24. The zero-order valence-corrected chi connectivity index (χ0v) is 12.1. The van der Waals surface area contributed by atoms with Crippen LogP contribution in [0.25, 0.3) is 0 Å². The second kappa shape index (κ2) is 5.87. The van der Waals surface area contributed by atoms with Crippen LogP contribution < -0.4 is 10.6 Å². The van der Waals surface area contributed by atoms with E-state index in [2.05, 4.69) is 10.6 Å². The quantitative estimate of drug-likeness (QED) is 0.878. The third-order valence-electron chi connectivity index (χ3n) is 3.76. The lowest BCUT2D eigenvalue weighted by atomic mass is 10.00. The van der Waals surface area contributed by atoms with Gasteiger partial charge in [-0.25, -0.2) is 0 Å². The molecule has 2 aliphatic heterocycles. The molecule has 2 N–H and O–H groups in total. The van der Waals surface area contributed by atoms with Gasteiger partial charge in [0.2, 0.25) is 5.91 Å². The number of fused-ring (bicyclic) bond motifs is 1. The van der Waals surface area contributed by atoms with E-state index < -0.39 is 0 Å². The Hall–Kier alpha value is -1.49. The van der Waals surface area contributed by atoms with Crippen LogP contribution in [0.15, 0.2) is 18.2 Å². The van der Waals surface area contributed by atoms with Crippen molar-refractivity contribution in [1.29, 1.82) is 0 Å². The van der Waals surface area contributed by atoms with Gasteiger partial charge in [-0.2, -0.15) is 11.8 Å². The number of anilines is 1. The smallest absolute Gasteiger partial charge is 0.251 e. The Morgan fingerprint density at radius 2 is 2.25 bits per heavy atom. The zero-order chi connectivity index (χ0) is 13.9. The summed E-state index contributed by atoms with van der Waals surface area (Å²) in [5, 5.41) is 5.94. The van der Waals surface area contributed by atoms with Crippen molar-refractivity contribution >= 4 is 29.3 Å². The first-order valence-corrected chi connectivity index (χ1v) is 8.19. The van der Waals surface area contributed by atoms with Crippen LogP contribution in [0, 0.1) is 0 Å². The van der Waals surface area contributed by atoms with E-state index in [0.29, 0.717) is 18.4 Å². The fraction of sp³-hybridized carbons (Fsp3) is 0.467. The zero-order valence-electron chi connectivity index (χ0n) is 11.3. The molecule has 3 rings (SSSR count). The van der Waals surface area contributed by atoms with Gasteiger partial charge >= 0.3 is 0 Å². The topological polar surface area (TPSA) is 58.2 Å². The van der Waals surface area contributed by atoms with Crippen LogP contribution in [-0.2, 0) is 11.2 Å². The highest BCUT2D eigenvalue weighted by molar-refractivity contribution is 7.99. The maximum Gasteiger partial charge on any atom is 0.251 e. The molecule has 106 valence electrons. The number of nitrogens with one attached hydrogen (secondary N) is 2. The van der Waals surface area contributed by atoms with Gasteiger partial charge in [0.25, 0.3) is 5.91 Å². The van der Waals surface area contributed by atoms with E-state index in [1.165, 1.54) is 12.2 Å². The third-order valence-corrected chi connectivity index (χ3v) is 4.97. The van der Waals surface area contributed by atoms with Crippen LogP contribution in [-0.4, -0.2) is 29.4 Å². The Labute approximate surface area is 122 Å². The molecule has 1 unspecified atom stereocenters. The summed E-state index contributed by atoms with van der Waals surface area (Å²) in [7, 11) is 0. The standard InChI is InChI=1S/C15H18N2O2S/c18-14-6-4-10-8-11(3-5-13(10)17-14)15(19)16-12-2-1-7-20-9-12/h3,5,8,12H,1-2,4,6-7,9H2,(H,16,19)(H,17,18). The molecule has 1 fully saturated rings. The Morgan fingerprint density at radius 1 is 1.35 bits per heavy atom. The molecule has 20 heavy (non-hydrogen) atoms. The van der Waals surface area contributed by atoms with Crippen molar-refractivity contribution in [3.05, 3.63) is 29.3 Å². The van der Waals surface area contributed by atoms with Crippen LogP contribution >= 0.6 is 11.8 Å². The van der Waals surface area contributed by atoms with Crippen LogP contribution in [0.4, 0.5) is 5.69 Å². The summed E-state index contributed by atoms with van der Waals surface area (Å²) in [6.07, 6.45) is 3.45. The molecule has 1 aromatic carbocycles. The summed E-state index contributed by atoms with van der Waals surface area (Å²) in [6, 6.07) is 5.81. The monoisotopic (exact) mass is 290 g/mol. The SMILES string of the molecule is O=C1CCc2cc(C(=O)NC3CCCSC3)ccc2N1. The lowest BCUT2D eigenvalue weighted by Crippen LogP contribution is -2.38. The first-order chi connectivity index (χ1) is 9.72. The molecule has 2 heterocycles. The van der Waals surface area contributed by atoms with Crippen molar-refractivity contribution in [2.75, 3.05) is 16.8 Å². The highest BCUT2D eigenvalue weighted by Gasteiger charge is 2.19. The van der Waals surface area contributed by atoms with Crippen LogP contribution in [0.5, 0.6) is 0 Å². The molecule has 1 aromatic rings. The van der Waals surface area contributed by atoms with Gasteiger partial charge in [-0.3, -0.25) is 9.59 Å². The van der Waals surface area contributed by atoms with E-state index in [1.807, 2.05) is 23.9 Å². The summed E-state index contributed by atoms with van der Waals surface area (Å²) in [6.45, 7) is 0. The third kappa shape index (κ3) is 2.98. The minimum Gasteiger partial charge on any atom is -0.348 e. The summed E-state index contributed by atoms with van der Waals surface area (Å²) in [5.41, 5.74) is 2.58. The molecule has 0 aliphatic carbocycles. The van der Waals surface area contributed by atoms with Gasteiger partial charge in [0.1, 0.15) is 0 Å². The Kier molecular flexibility index (Phi) is 3.96. The average molecular weight is 290 g/mol. The van der Waals surface area contributed by atoms with Gasteiger partial charge in [0.05, 0.1) is 0 Å². The molecule has 0 bridgehead atoms. The molecule has 2 amide bonds. The number of hydrogen-bond acceptors (Lipinski definition) is 3. The van der Waals surface area contributed by atoms with Crippen molar-refractivity contribution in [2.45, 2.75) is 31.7 Å². The van der Waals surface area contributed by atoms with Crippen molar-refractivity contribution in [2.24, 2.45) is 0 Å². The number of carbonyl (C=O) groups excluding carboxylic acids is 2. The number of hydrogen-bond donors (Lipinski definition) is 2. The molecule has 0 saturated carbocycles. The van der Waals surface area contributed by atoms with Gasteiger partial charge in [-0.1, -0.05) is 0 Å². The number of amides is 2. The van der Waals surface area contributed by atoms with Gasteiger partial charge < -0.3 is 10.6 Å². The van der Waals surface area contributed by atoms with Crippen LogP contribution in [0.2, 0.25) is 0 Å². The summed E-state index contributed by atoms with van der Waals surface area (Å²) in [5.74, 6) is 2.25. The number of carbonyl (C=O) groups is 2. The van der Waals surface area contributed by atoms with Gasteiger partial charge in [0.15, 0.2) is 0 Å². The largest absolute Gasteiger partial charge is 0.348 e. The second-order valence-electron chi connectivity index (χ2n) is 5.31. The predicted molar refractivity (Wildman–Crippen MR) is 81.2 cm³/mol. The van der Waals surface area contributed by atoms with E-state index in [9.17, 15) is 9.59 Å². The molecule has 2 aliphatic rings. The first-order valence-electron chi connectivity index (χ1n) is 7.04. The first kappa shape index (κ1) is 13.5. The second-order valence-corrected chi connectivity index (χ2v) is 6.46. The number of aryl methyl sites for hydroxylation is 1. The van der Waals surface area contributed by atoms with Crippen molar-refractivity contribution in [1.82, 2.24) is 5.32 Å². The Bertz CT molecular complexity index is 539. The van der Waals surface area contributed by atoms with Crippen molar-refractivity contribution < 1.29 is 9.59 Å². The normalized spacial score (nSPS) is 21.8. The van der Waals surface area contributed by atoms with E-state index in [1.54, 1.807) is 6.07 Å². The lowest BCUT2D eigenvalue weighted by Gasteiger charge is -2.23. The van der Waals surface area contributed by atoms with E-state index in [0.717, 1.165) is 23.4 Å². The van der Waals surface area contributed by atoms with Crippen molar-refractivity contribution in [3.63, 3.8) is 0 Å². The molecular weight excluding hydrogens is 272 g/mol. The minimum atomic E-state index is -0.00259. The van der Waals surface area contributed by atoms with E-state index in [4.69, 9.17) is 0 Å². The Balaban J connectivity index is 1.70. The maximum absolute atomic E-state index is 12.3. The van der Waals surface area contributed by atoms with Gasteiger partial charge in [0, 0.05) is 29.5 Å². The van der Waals surface area contributed by atoms with E-state index in [-0.39, 0.29) is 17.9 Å². The number of benzene rings is 1. The molecule has 5 heteroatoms.